The average Bonchev–Trinajstić information content (AvgIpc) is 3.17. The largest absolute Gasteiger partial charge is 0.386 e. The Hall–Kier alpha value is -3.46. The van der Waals surface area contributed by atoms with Crippen molar-refractivity contribution < 1.29 is 14.7 Å². The highest BCUT2D eigenvalue weighted by atomic mass is 16.3. The van der Waals surface area contributed by atoms with Crippen molar-refractivity contribution >= 4 is 29.1 Å². The molecule has 3 aromatic rings. The molecule has 0 saturated carbocycles. The van der Waals surface area contributed by atoms with Crippen LogP contribution < -0.4 is 15.5 Å². The van der Waals surface area contributed by atoms with Crippen LogP contribution in [0.15, 0.2) is 36.4 Å². The third-order valence-corrected chi connectivity index (χ3v) is 5.97. The molecule has 9 heteroatoms. The lowest BCUT2D eigenvalue weighted by atomic mass is 9.97. The number of carbonyl (C=O) groups is 2. The summed E-state index contributed by atoms with van der Waals surface area (Å²) in [6.45, 7) is 6.60. The smallest absolute Gasteiger partial charge is 0.256 e. The second-order valence-electron chi connectivity index (χ2n) is 9.05. The van der Waals surface area contributed by atoms with Crippen LogP contribution in [0.4, 0.5) is 11.8 Å². The van der Waals surface area contributed by atoms with Crippen LogP contribution in [-0.2, 0) is 10.4 Å². The molecule has 3 heterocycles. The first-order chi connectivity index (χ1) is 15.7. The Balaban J connectivity index is 1.62. The molecule has 1 aliphatic rings. The molecule has 1 aromatic carbocycles. The number of piperidine rings is 1. The van der Waals surface area contributed by atoms with Crippen LogP contribution in [0.3, 0.4) is 0 Å². The van der Waals surface area contributed by atoms with Gasteiger partial charge in [0.2, 0.25) is 11.9 Å². The number of aliphatic hydroxyl groups is 1. The Morgan fingerprint density at radius 1 is 1.18 bits per heavy atom. The highest BCUT2D eigenvalue weighted by Gasteiger charge is 2.28. The zero-order chi connectivity index (χ0) is 23.8. The lowest BCUT2D eigenvalue weighted by Crippen LogP contribution is -2.43. The number of nitrogens with one attached hydrogen (secondary N) is 2. The van der Waals surface area contributed by atoms with Gasteiger partial charge in [-0.25, -0.2) is 4.52 Å². The van der Waals surface area contributed by atoms with Crippen LogP contribution in [0.1, 0.15) is 48.3 Å². The molecule has 0 aliphatic carbocycles. The second kappa shape index (κ2) is 8.82. The summed E-state index contributed by atoms with van der Waals surface area (Å²) in [6, 6.07) is 10.6. The number of carbonyl (C=O) groups excluding carboxylic acids is 2. The minimum Gasteiger partial charge on any atom is -0.386 e. The van der Waals surface area contributed by atoms with Crippen LogP contribution >= 0.6 is 0 Å². The third kappa shape index (κ3) is 4.83. The molecule has 0 unspecified atom stereocenters. The van der Waals surface area contributed by atoms with Gasteiger partial charge in [-0.15, -0.1) is 0 Å². The molecule has 174 valence electrons. The SMILES string of the molecule is CNC(=O)[C@@H]1CCCN(c2nc(NC(=O)c3ccc(C(C)(C)O)cc3)cc3cc(C)nn23)C1. The van der Waals surface area contributed by atoms with E-state index in [0.717, 1.165) is 36.2 Å². The highest BCUT2D eigenvalue weighted by Crippen LogP contribution is 2.26. The fraction of sp³-hybridized carbons (Fsp3) is 0.417. The van der Waals surface area contributed by atoms with E-state index in [9.17, 15) is 14.7 Å². The predicted octanol–water partition coefficient (Wildman–Crippen LogP) is 2.48. The molecule has 2 amide bonds. The van der Waals surface area contributed by atoms with Crippen molar-refractivity contribution in [1.29, 1.82) is 0 Å². The van der Waals surface area contributed by atoms with Gasteiger partial charge in [0.25, 0.3) is 5.91 Å². The van der Waals surface area contributed by atoms with E-state index in [1.54, 1.807) is 55.7 Å². The van der Waals surface area contributed by atoms with Gasteiger partial charge in [-0.05, 0) is 57.4 Å². The van der Waals surface area contributed by atoms with Crippen LogP contribution in [0, 0.1) is 12.8 Å². The molecule has 0 spiro atoms. The van der Waals surface area contributed by atoms with E-state index in [-0.39, 0.29) is 17.7 Å². The number of rotatable bonds is 5. The number of aryl methyl sites for hydroxylation is 1. The van der Waals surface area contributed by atoms with Gasteiger partial charge >= 0.3 is 0 Å². The molecule has 2 aromatic heterocycles. The molecule has 0 bridgehead atoms. The maximum absolute atomic E-state index is 12.9. The highest BCUT2D eigenvalue weighted by molar-refractivity contribution is 6.04. The minimum absolute atomic E-state index is 0.0200. The lowest BCUT2D eigenvalue weighted by Gasteiger charge is -2.32. The fourth-order valence-corrected chi connectivity index (χ4v) is 4.17. The van der Waals surface area contributed by atoms with Crippen LogP contribution in [0.2, 0.25) is 0 Å². The average molecular weight is 451 g/mol. The molecule has 1 fully saturated rings. The molecule has 0 radical (unpaired) electrons. The quantitative estimate of drug-likeness (QED) is 0.551. The van der Waals surface area contributed by atoms with Crippen molar-refractivity contribution in [3.8, 4) is 0 Å². The Kier molecular flexibility index (Phi) is 6.07. The number of aromatic nitrogens is 3. The Morgan fingerprint density at radius 2 is 1.91 bits per heavy atom. The van der Waals surface area contributed by atoms with E-state index in [4.69, 9.17) is 4.98 Å². The van der Waals surface area contributed by atoms with Gasteiger partial charge in [-0.1, -0.05) is 12.1 Å². The van der Waals surface area contributed by atoms with Gasteiger partial charge in [0, 0.05) is 31.8 Å². The van der Waals surface area contributed by atoms with Crippen molar-refractivity contribution in [2.75, 3.05) is 30.4 Å². The Morgan fingerprint density at radius 3 is 2.58 bits per heavy atom. The number of anilines is 2. The Labute approximate surface area is 192 Å². The first-order valence-electron chi connectivity index (χ1n) is 11.1. The van der Waals surface area contributed by atoms with Crippen molar-refractivity contribution in [3.05, 3.63) is 53.2 Å². The summed E-state index contributed by atoms with van der Waals surface area (Å²) < 4.78 is 1.76. The number of hydrogen-bond acceptors (Lipinski definition) is 6. The number of amides is 2. The molecule has 33 heavy (non-hydrogen) atoms. The summed E-state index contributed by atoms with van der Waals surface area (Å²) in [5.74, 6) is 0.618. The lowest BCUT2D eigenvalue weighted by molar-refractivity contribution is -0.124. The van der Waals surface area contributed by atoms with Gasteiger partial charge in [0.05, 0.1) is 22.7 Å². The van der Waals surface area contributed by atoms with Crippen LogP contribution in [-0.4, -0.2) is 51.7 Å². The summed E-state index contributed by atoms with van der Waals surface area (Å²) in [5, 5.41) is 20.3. The van der Waals surface area contributed by atoms with E-state index in [2.05, 4.69) is 20.6 Å². The molecule has 1 saturated heterocycles. The van der Waals surface area contributed by atoms with Crippen molar-refractivity contribution in [2.45, 2.75) is 39.2 Å². The van der Waals surface area contributed by atoms with Crippen molar-refractivity contribution in [1.82, 2.24) is 19.9 Å². The predicted molar refractivity (Wildman–Crippen MR) is 126 cm³/mol. The summed E-state index contributed by atoms with van der Waals surface area (Å²) in [6.07, 6.45) is 1.69. The van der Waals surface area contributed by atoms with E-state index in [0.29, 0.717) is 23.9 Å². The van der Waals surface area contributed by atoms with Gasteiger partial charge in [0.15, 0.2) is 0 Å². The minimum atomic E-state index is -0.975. The molecule has 1 atom stereocenters. The second-order valence-corrected chi connectivity index (χ2v) is 9.05. The Bertz CT molecular complexity index is 1180. The third-order valence-electron chi connectivity index (χ3n) is 5.97. The number of hydrogen-bond donors (Lipinski definition) is 3. The van der Waals surface area contributed by atoms with Crippen molar-refractivity contribution in [2.24, 2.45) is 5.92 Å². The normalized spacial score (nSPS) is 16.6. The van der Waals surface area contributed by atoms with Crippen molar-refractivity contribution in [3.63, 3.8) is 0 Å². The number of fused-ring (bicyclic) bond motifs is 1. The standard InChI is InChI=1S/C24H30N6O3/c1-15-12-19-13-20(26-22(32)16-7-9-18(10-8-16)24(2,3)33)27-23(30(19)28-15)29-11-5-6-17(14-29)21(31)25-4/h7-10,12-13,17,33H,5-6,11,14H2,1-4H3,(H,25,31)(H,26,32)/t17-/m1/s1. The zero-order valence-corrected chi connectivity index (χ0v) is 19.4. The first kappa shape index (κ1) is 22.7. The maximum atomic E-state index is 12.9. The summed E-state index contributed by atoms with van der Waals surface area (Å²) in [5.41, 5.74) is 1.87. The molecule has 3 N–H and O–H groups in total. The molecule has 4 rings (SSSR count). The van der Waals surface area contributed by atoms with Gasteiger partial charge < -0.3 is 20.6 Å². The van der Waals surface area contributed by atoms with E-state index in [1.165, 1.54) is 0 Å². The molecular formula is C24H30N6O3. The summed E-state index contributed by atoms with van der Waals surface area (Å²) >= 11 is 0. The number of benzene rings is 1. The monoisotopic (exact) mass is 450 g/mol. The molecular weight excluding hydrogens is 420 g/mol. The fourth-order valence-electron chi connectivity index (χ4n) is 4.17. The topological polar surface area (TPSA) is 112 Å². The van der Waals surface area contributed by atoms with E-state index >= 15 is 0 Å². The van der Waals surface area contributed by atoms with E-state index in [1.807, 2.05) is 13.0 Å². The first-order valence-corrected chi connectivity index (χ1v) is 11.1. The van der Waals surface area contributed by atoms with Crippen LogP contribution in [0.5, 0.6) is 0 Å². The zero-order valence-electron chi connectivity index (χ0n) is 19.4. The van der Waals surface area contributed by atoms with Gasteiger partial charge in [-0.2, -0.15) is 10.1 Å². The maximum Gasteiger partial charge on any atom is 0.256 e. The summed E-state index contributed by atoms with van der Waals surface area (Å²) in [4.78, 5) is 31.8. The molecule has 9 nitrogen and oxygen atoms in total. The van der Waals surface area contributed by atoms with Crippen LogP contribution in [0.25, 0.3) is 5.52 Å². The van der Waals surface area contributed by atoms with E-state index < -0.39 is 5.60 Å². The van der Waals surface area contributed by atoms with Gasteiger partial charge in [-0.3, -0.25) is 9.59 Å². The van der Waals surface area contributed by atoms with Gasteiger partial charge in [0.1, 0.15) is 5.82 Å². The number of nitrogens with zero attached hydrogens (tertiary/aromatic N) is 4. The summed E-state index contributed by atoms with van der Waals surface area (Å²) in [7, 11) is 1.65. The molecule has 1 aliphatic heterocycles.